The highest BCUT2D eigenvalue weighted by Crippen LogP contribution is 2.34. The van der Waals surface area contributed by atoms with Gasteiger partial charge in [-0.15, -0.1) is 0 Å². The number of fused-ring (bicyclic) bond motifs is 1. The second-order valence-corrected chi connectivity index (χ2v) is 8.22. The van der Waals surface area contributed by atoms with E-state index in [1.54, 1.807) is 0 Å². The molecule has 0 unspecified atom stereocenters. The Morgan fingerprint density at radius 2 is 1.67 bits per heavy atom. The quantitative estimate of drug-likeness (QED) is 0.475. The zero-order chi connectivity index (χ0) is 20.7. The molecule has 2 heterocycles. The standard InChI is InChI=1S/C26H25N3O/c1-18-11-13-20(14-12-18)16-29-24-10-6-4-8-22(24)27-26(29)21-15-25(30)28(17-21)23-9-5-3-7-19(23)2/h3-14,21H,15-17H2,1-2H3/t21-/m1/s1. The summed E-state index contributed by atoms with van der Waals surface area (Å²) in [4.78, 5) is 19.8. The smallest absolute Gasteiger partial charge is 0.227 e. The molecule has 0 radical (unpaired) electrons. The lowest BCUT2D eigenvalue weighted by Crippen LogP contribution is -2.25. The maximum absolute atomic E-state index is 12.9. The predicted molar refractivity (Wildman–Crippen MR) is 121 cm³/mol. The minimum absolute atomic E-state index is 0.0787. The molecule has 1 aliphatic heterocycles. The van der Waals surface area contributed by atoms with E-state index in [0.29, 0.717) is 13.0 Å². The molecule has 1 fully saturated rings. The fourth-order valence-electron chi connectivity index (χ4n) is 4.43. The van der Waals surface area contributed by atoms with Gasteiger partial charge in [0, 0.05) is 31.1 Å². The van der Waals surface area contributed by atoms with Crippen molar-refractivity contribution in [3.63, 3.8) is 0 Å². The Balaban J connectivity index is 1.53. The summed E-state index contributed by atoms with van der Waals surface area (Å²) in [6, 6.07) is 25.0. The summed E-state index contributed by atoms with van der Waals surface area (Å²) in [5, 5.41) is 0. The number of carbonyl (C=O) groups excluding carboxylic acids is 1. The van der Waals surface area contributed by atoms with Crippen molar-refractivity contribution in [1.82, 2.24) is 9.55 Å². The first-order valence-corrected chi connectivity index (χ1v) is 10.5. The predicted octanol–water partition coefficient (Wildman–Crippen LogP) is 5.22. The summed E-state index contributed by atoms with van der Waals surface area (Å²) in [7, 11) is 0. The highest BCUT2D eigenvalue weighted by atomic mass is 16.2. The average molecular weight is 396 g/mol. The molecule has 1 aromatic heterocycles. The van der Waals surface area contributed by atoms with Crippen LogP contribution < -0.4 is 4.90 Å². The molecule has 0 aliphatic carbocycles. The molecule has 4 aromatic rings. The van der Waals surface area contributed by atoms with Crippen LogP contribution >= 0.6 is 0 Å². The number of nitrogens with zero attached hydrogens (tertiary/aromatic N) is 3. The molecule has 5 rings (SSSR count). The maximum atomic E-state index is 12.9. The zero-order valence-electron chi connectivity index (χ0n) is 17.4. The zero-order valence-corrected chi connectivity index (χ0v) is 17.4. The van der Waals surface area contributed by atoms with E-state index in [1.807, 2.05) is 29.2 Å². The fourth-order valence-corrected chi connectivity index (χ4v) is 4.43. The first-order valence-electron chi connectivity index (χ1n) is 10.5. The highest BCUT2D eigenvalue weighted by molar-refractivity contribution is 5.97. The topological polar surface area (TPSA) is 38.1 Å². The monoisotopic (exact) mass is 395 g/mol. The van der Waals surface area contributed by atoms with E-state index in [2.05, 4.69) is 66.9 Å². The van der Waals surface area contributed by atoms with Gasteiger partial charge >= 0.3 is 0 Å². The second kappa shape index (κ2) is 7.45. The number of para-hydroxylation sites is 3. The van der Waals surface area contributed by atoms with Gasteiger partial charge in [-0.05, 0) is 43.2 Å². The number of hydrogen-bond donors (Lipinski definition) is 0. The van der Waals surface area contributed by atoms with Crippen molar-refractivity contribution >= 4 is 22.6 Å². The van der Waals surface area contributed by atoms with Crippen LogP contribution in [0.3, 0.4) is 0 Å². The first-order chi connectivity index (χ1) is 14.6. The highest BCUT2D eigenvalue weighted by Gasteiger charge is 2.35. The van der Waals surface area contributed by atoms with Crippen LogP contribution in [-0.4, -0.2) is 22.0 Å². The Hall–Kier alpha value is -3.40. The normalized spacial score (nSPS) is 16.5. The van der Waals surface area contributed by atoms with Crippen LogP contribution in [0, 0.1) is 13.8 Å². The number of carbonyl (C=O) groups is 1. The number of hydrogen-bond acceptors (Lipinski definition) is 2. The van der Waals surface area contributed by atoms with Crippen molar-refractivity contribution in [2.75, 3.05) is 11.4 Å². The number of aryl methyl sites for hydroxylation is 2. The lowest BCUT2D eigenvalue weighted by Gasteiger charge is -2.19. The SMILES string of the molecule is Cc1ccc(Cn2c([C@@H]3CC(=O)N(c4ccccc4C)C3)nc3ccccc32)cc1. The molecule has 0 saturated carbocycles. The molecule has 1 atom stereocenters. The van der Waals surface area contributed by atoms with Crippen LogP contribution in [0.1, 0.15) is 34.9 Å². The van der Waals surface area contributed by atoms with E-state index in [9.17, 15) is 4.79 Å². The van der Waals surface area contributed by atoms with E-state index >= 15 is 0 Å². The summed E-state index contributed by atoms with van der Waals surface area (Å²) >= 11 is 0. The number of amides is 1. The van der Waals surface area contributed by atoms with Crippen LogP contribution in [0.2, 0.25) is 0 Å². The number of rotatable bonds is 4. The van der Waals surface area contributed by atoms with E-state index in [0.717, 1.165) is 34.7 Å². The van der Waals surface area contributed by atoms with Crippen molar-refractivity contribution in [3.8, 4) is 0 Å². The fraction of sp³-hybridized carbons (Fsp3) is 0.231. The van der Waals surface area contributed by atoms with Gasteiger partial charge in [0.15, 0.2) is 0 Å². The van der Waals surface area contributed by atoms with Gasteiger partial charge in [0.1, 0.15) is 5.82 Å². The molecule has 1 saturated heterocycles. The van der Waals surface area contributed by atoms with Gasteiger partial charge in [0.25, 0.3) is 0 Å². The second-order valence-electron chi connectivity index (χ2n) is 8.22. The van der Waals surface area contributed by atoms with Gasteiger partial charge in [0.05, 0.1) is 11.0 Å². The lowest BCUT2D eigenvalue weighted by atomic mass is 10.1. The number of anilines is 1. The van der Waals surface area contributed by atoms with Gasteiger partial charge in [0.2, 0.25) is 5.91 Å². The van der Waals surface area contributed by atoms with Crippen molar-refractivity contribution in [2.24, 2.45) is 0 Å². The molecule has 1 amide bonds. The molecule has 1 aliphatic rings. The number of imidazole rings is 1. The Kier molecular flexibility index (Phi) is 4.62. The molecular formula is C26H25N3O. The third-order valence-electron chi connectivity index (χ3n) is 6.04. The summed E-state index contributed by atoms with van der Waals surface area (Å²) < 4.78 is 2.29. The summed E-state index contributed by atoms with van der Waals surface area (Å²) in [6.07, 6.45) is 0.492. The molecule has 4 nitrogen and oxygen atoms in total. The maximum Gasteiger partial charge on any atom is 0.227 e. The van der Waals surface area contributed by atoms with Gasteiger partial charge < -0.3 is 9.47 Å². The largest absolute Gasteiger partial charge is 0.323 e. The molecule has 0 N–H and O–H groups in total. The average Bonchev–Trinajstić information content (AvgIpc) is 3.31. The van der Waals surface area contributed by atoms with Crippen molar-refractivity contribution in [2.45, 2.75) is 32.7 Å². The molecule has 3 aromatic carbocycles. The van der Waals surface area contributed by atoms with Gasteiger partial charge in [-0.3, -0.25) is 4.79 Å². The summed E-state index contributed by atoms with van der Waals surface area (Å²) in [6.45, 7) is 5.58. The molecule has 0 bridgehead atoms. The van der Waals surface area contributed by atoms with Crippen LogP contribution in [0.4, 0.5) is 5.69 Å². The minimum atomic E-state index is 0.0787. The molecular weight excluding hydrogens is 370 g/mol. The van der Waals surface area contributed by atoms with Gasteiger partial charge in [-0.1, -0.05) is 60.2 Å². The Bertz CT molecular complexity index is 1220. The molecule has 30 heavy (non-hydrogen) atoms. The Morgan fingerprint density at radius 1 is 0.933 bits per heavy atom. The van der Waals surface area contributed by atoms with E-state index in [4.69, 9.17) is 4.98 Å². The van der Waals surface area contributed by atoms with Crippen LogP contribution in [0.5, 0.6) is 0 Å². The number of benzene rings is 3. The molecule has 150 valence electrons. The van der Waals surface area contributed by atoms with E-state index < -0.39 is 0 Å². The van der Waals surface area contributed by atoms with E-state index in [-0.39, 0.29) is 11.8 Å². The van der Waals surface area contributed by atoms with Gasteiger partial charge in [-0.2, -0.15) is 0 Å². The summed E-state index contributed by atoms with van der Waals surface area (Å²) in [5.74, 6) is 1.25. The van der Waals surface area contributed by atoms with Crippen molar-refractivity contribution in [1.29, 1.82) is 0 Å². The van der Waals surface area contributed by atoms with Crippen molar-refractivity contribution in [3.05, 3.63) is 95.3 Å². The molecule has 0 spiro atoms. The van der Waals surface area contributed by atoms with Crippen LogP contribution in [0.25, 0.3) is 11.0 Å². The van der Waals surface area contributed by atoms with Crippen molar-refractivity contribution < 1.29 is 4.79 Å². The Labute approximate surface area is 176 Å². The number of aromatic nitrogens is 2. The third kappa shape index (κ3) is 3.28. The first kappa shape index (κ1) is 18.6. The van der Waals surface area contributed by atoms with E-state index in [1.165, 1.54) is 11.1 Å². The minimum Gasteiger partial charge on any atom is -0.323 e. The van der Waals surface area contributed by atoms with Crippen LogP contribution in [0.15, 0.2) is 72.8 Å². The van der Waals surface area contributed by atoms with Gasteiger partial charge in [-0.25, -0.2) is 4.98 Å². The lowest BCUT2D eigenvalue weighted by molar-refractivity contribution is -0.117. The van der Waals surface area contributed by atoms with Crippen LogP contribution in [-0.2, 0) is 11.3 Å². The molecule has 4 heteroatoms. The Morgan fingerprint density at radius 3 is 2.47 bits per heavy atom. The third-order valence-corrected chi connectivity index (χ3v) is 6.04. The summed E-state index contributed by atoms with van der Waals surface area (Å²) in [5.41, 5.74) is 6.73.